The van der Waals surface area contributed by atoms with Crippen LogP contribution >= 0.6 is 22.9 Å². The number of hydrogen-bond acceptors (Lipinski definition) is 5. The first-order valence-electron chi connectivity index (χ1n) is 8.09. The highest BCUT2D eigenvalue weighted by atomic mass is 35.5. The number of rotatable bonds is 5. The van der Waals surface area contributed by atoms with E-state index in [0.717, 1.165) is 38.2 Å². The normalized spacial score (nSPS) is 17.4. The van der Waals surface area contributed by atoms with E-state index in [1.807, 2.05) is 5.38 Å². The van der Waals surface area contributed by atoms with Gasteiger partial charge in [-0.1, -0.05) is 24.6 Å². The van der Waals surface area contributed by atoms with Crippen LogP contribution in [0.15, 0.2) is 28.5 Å². The number of thiazole rings is 1. The second kappa shape index (κ2) is 7.23. The number of anilines is 1. The smallest absolute Gasteiger partial charge is 0.263 e. The molecule has 136 valence electrons. The highest BCUT2D eigenvalue weighted by Gasteiger charge is 2.29. The molecule has 0 radical (unpaired) electrons. The molecular formula is C17H21ClN2O3S2. The average molecular weight is 401 g/mol. The van der Waals surface area contributed by atoms with Gasteiger partial charge in [-0.05, 0) is 49.3 Å². The molecule has 0 amide bonds. The molecule has 3 rings (SSSR count). The highest BCUT2D eigenvalue weighted by Crippen LogP contribution is 2.34. The molecule has 0 saturated carbocycles. The quantitative estimate of drug-likeness (QED) is 0.813. The molecule has 8 heteroatoms. The maximum absolute atomic E-state index is 12.6. The molecule has 0 atom stereocenters. The molecule has 1 aliphatic rings. The van der Waals surface area contributed by atoms with Gasteiger partial charge in [0, 0.05) is 23.6 Å². The number of ether oxygens (including phenoxy) is 1. The lowest BCUT2D eigenvalue weighted by Crippen LogP contribution is -2.28. The summed E-state index contributed by atoms with van der Waals surface area (Å²) in [6, 6.07) is 4.84. The molecule has 1 N–H and O–H groups in total. The lowest BCUT2D eigenvalue weighted by atomic mass is 9.79. The van der Waals surface area contributed by atoms with Gasteiger partial charge in [0.2, 0.25) is 0 Å². The van der Waals surface area contributed by atoms with Gasteiger partial charge in [0.25, 0.3) is 10.0 Å². The summed E-state index contributed by atoms with van der Waals surface area (Å²) in [5.74, 6) is 0. The number of benzene rings is 1. The average Bonchev–Trinajstić information content (AvgIpc) is 2.96. The minimum absolute atomic E-state index is 0.159. The molecule has 1 fully saturated rings. The Labute approximate surface area is 157 Å². The van der Waals surface area contributed by atoms with Crippen LogP contribution in [0.1, 0.15) is 31.0 Å². The lowest BCUT2D eigenvalue weighted by Gasteiger charge is -2.32. The van der Waals surface area contributed by atoms with Crippen molar-refractivity contribution in [3.8, 4) is 0 Å². The Hall–Kier alpha value is -1.15. The fourth-order valence-electron chi connectivity index (χ4n) is 2.96. The maximum Gasteiger partial charge on any atom is 0.263 e. The molecule has 1 saturated heterocycles. The van der Waals surface area contributed by atoms with Crippen LogP contribution in [0.2, 0.25) is 5.02 Å². The van der Waals surface area contributed by atoms with E-state index in [4.69, 9.17) is 16.3 Å². The zero-order valence-electron chi connectivity index (χ0n) is 14.2. The van der Waals surface area contributed by atoms with Crippen LogP contribution in [0.25, 0.3) is 0 Å². The second-order valence-corrected chi connectivity index (χ2v) is 9.63. The molecule has 1 aromatic heterocycles. The summed E-state index contributed by atoms with van der Waals surface area (Å²) >= 11 is 7.34. The zero-order valence-corrected chi connectivity index (χ0v) is 16.6. The van der Waals surface area contributed by atoms with E-state index in [0.29, 0.717) is 15.7 Å². The molecule has 25 heavy (non-hydrogen) atoms. The molecule has 1 aromatic carbocycles. The van der Waals surface area contributed by atoms with Crippen LogP contribution < -0.4 is 4.72 Å². The van der Waals surface area contributed by atoms with Gasteiger partial charge >= 0.3 is 0 Å². The first-order chi connectivity index (χ1) is 11.8. The van der Waals surface area contributed by atoms with Crippen LogP contribution in [-0.4, -0.2) is 26.6 Å². The Morgan fingerprint density at radius 3 is 2.80 bits per heavy atom. The second-order valence-electron chi connectivity index (χ2n) is 6.71. The standard InChI is InChI=1S/C17H21ClN2O3S2/c1-12-14(18)4-3-5-15(12)25(21,22)20-16-19-13(11-24-16)10-17(2)6-8-23-9-7-17/h3-5,11H,6-10H2,1-2H3,(H,19,20). The summed E-state index contributed by atoms with van der Waals surface area (Å²) in [5.41, 5.74) is 1.60. The van der Waals surface area contributed by atoms with Gasteiger partial charge in [0.15, 0.2) is 5.13 Å². The first-order valence-corrected chi connectivity index (χ1v) is 10.8. The van der Waals surface area contributed by atoms with Crippen molar-refractivity contribution in [1.29, 1.82) is 0 Å². The lowest BCUT2D eigenvalue weighted by molar-refractivity contribution is 0.0237. The summed E-state index contributed by atoms with van der Waals surface area (Å²) in [7, 11) is -3.71. The van der Waals surface area contributed by atoms with E-state index >= 15 is 0 Å². The SMILES string of the molecule is Cc1c(Cl)cccc1S(=O)(=O)Nc1nc(CC2(C)CCOCC2)cs1. The highest BCUT2D eigenvalue weighted by molar-refractivity contribution is 7.93. The number of hydrogen-bond donors (Lipinski definition) is 1. The van der Waals surface area contributed by atoms with Gasteiger partial charge in [0.05, 0.1) is 10.6 Å². The van der Waals surface area contributed by atoms with Crippen molar-refractivity contribution < 1.29 is 13.2 Å². The van der Waals surface area contributed by atoms with Gasteiger partial charge < -0.3 is 4.74 Å². The molecule has 0 bridgehead atoms. The molecule has 2 heterocycles. The Morgan fingerprint density at radius 2 is 2.08 bits per heavy atom. The summed E-state index contributed by atoms with van der Waals surface area (Å²) < 4.78 is 33.2. The van der Waals surface area contributed by atoms with Crippen molar-refractivity contribution in [2.45, 2.75) is 38.0 Å². The topological polar surface area (TPSA) is 68.3 Å². The van der Waals surface area contributed by atoms with Gasteiger partial charge in [-0.15, -0.1) is 11.3 Å². The van der Waals surface area contributed by atoms with E-state index in [1.54, 1.807) is 25.1 Å². The molecule has 0 aliphatic carbocycles. The van der Waals surface area contributed by atoms with Gasteiger partial charge in [-0.2, -0.15) is 0 Å². The molecule has 0 unspecified atom stereocenters. The van der Waals surface area contributed by atoms with Crippen LogP contribution in [-0.2, 0) is 21.2 Å². The van der Waals surface area contributed by atoms with Crippen molar-refractivity contribution in [3.63, 3.8) is 0 Å². The maximum atomic E-state index is 12.6. The Balaban J connectivity index is 1.75. The number of aromatic nitrogens is 1. The van der Waals surface area contributed by atoms with Crippen LogP contribution in [0.4, 0.5) is 5.13 Å². The number of nitrogens with one attached hydrogen (secondary N) is 1. The molecule has 1 aliphatic heterocycles. The zero-order chi connectivity index (χ0) is 18.1. The number of nitrogens with zero attached hydrogens (tertiary/aromatic N) is 1. The Kier molecular flexibility index (Phi) is 5.39. The number of sulfonamides is 1. The van der Waals surface area contributed by atoms with Gasteiger partial charge in [-0.3, -0.25) is 4.72 Å². The monoisotopic (exact) mass is 400 g/mol. The van der Waals surface area contributed by atoms with E-state index in [2.05, 4.69) is 16.6 Å². The minimum Gasteiger partial charge on any atom is -0.381 e. The molecule has 0 spiro atoms. The molecule has 5 nitrogen and oxygen atoms in total. The molecular weight excluding hydrogens is 380 g/mol. The first kappa shape index (κ1) is 18.6. The summed E-state index contributed by atoms with van der Waals surface area (Å²) in [6.45, 7) is 5.46. The third kappa shape index (κ3) is 4.34. The van der Waals surface area contributed by atoms with E-state index in [1.165, 1.54) is 11.3 Å². The Morgan fingerprint density at radius 1 is 1.36 bits per heavy atom. The predicted molar refractivity (Wildman–Crippen MR) is 101 cm³/mol. The fraction of sp³-hybridized carbons (Fsp3) is 0.471. The van der Waals surface area contributed by atoms with Gasteiger partial charge in [-0.25, -0.2) is 13.4 Å². The van der Waals surface area contributed by atoms with Gasteiger partial charge in [0.1, 0.15) is 0 Å². The minimum atomic E-state index is -3.71. The van der Waals surface area contributed by atoms with Crippen LogP contribution in [0.5, 0.6) is 0 Å². The van der Waals surface area contributed by atoms with Crippen molar-refractivity contribution in [1.82, 2.24) is 4.98 Å². The summed E-state index contributed by atoms with van der Waals surface area (Å²) in [5, 5.41) is 2.73. The number of halogens is 1. The van der Waals surface area contributed by atoms with Crippen LogP contribution in [0, 0.1) is 12.3 Å². The van der Waals surface area contributed by atoms with Crippen molar-refractivity contribution >= 4 is 38.1 Å². The van der Waals surface area contributed by atoms with E-state index in [9.17, 15) is 8.42 Å². The van der Waals surface area contributed by atoms with E-state index < -0.39 is 10.0 Å². The van der Waals surface area contributed by atoms with Crippen LogP contribution in [0.3, 0.4) is 0 Å². The van der Waals surface area contributed by atoms with E-state index in [-0.39, 0.29) is 10.3 Å². The van der Waals surface area contributed by atoms with Crippen molar-refractivity contribution in [3.05, 3.63) is 39.9 Å². The van der Waals surface area contributed by atoms with Crippen molar-refractivity contribution in [2.75, 3.05) is 17.9 Å². The largest absolute Gasteiger partial charge is 0.381 e. The Bertz CT molecular complexity index is 859. The third-order valence-corrected chi connectivity index (χ3v) is 7.42. The predicted octanol–water partition coefficient (Wildman–Crippen LogP) is 4.26. The van der Waals surface area contributed by atoms with Crippen molar-refractivity contribution in [2.24, 2.45) is 5.41 Å². The summed E-state index contributed by atoms with van der Waals surface area (Å²) in [4.78, 5) is 4.64. The fourth-order valence-corrected chi connectivity index (χ4v) is 5.42. The molecule has 2 aromatic rings. The third-order valence-electron chi connectivity index (χ3n) is 4.59. The summed E-state index contributed by atoms with van der Waals surface area (Å²) in [6.07, 6.45) is 2.81.